The third-order valence-electron chi connectivity index (χ3n) is 1.83. The van der Waals surface area contributed by atoms with Crippen LogP contribution in [-0.4, -0.2) is 0 Å². The molecule has 0 saturated carbocycles. The highest BCUT2D eigenvalue weighted by molar-refractivity contribution is 9.10. The van der Waals surface area contributed by atoms with E-state index in [0.717, 1.165) is 11.6 Å². The minimum Gasteiger partial charge on any atom is -0.166 e. The Bertz CT molecular complexity index is 345. The molecule has 0 aromatic heterocycles. The normalized spacial score (nSPS) is 11.9. The van der Waals surface area contributed by atoms with Crippen LogP contribution in [0.15, 0.2) is 16.6 Å². The zero-order chi connectivity index (χ0) is 10.9. The predicted molar refractivity (Wildman–Crippen MR) is 56.5 cm³/mol. The fraction of sp³-hybridized carbons (Fsp3) is 0.333. The largest absolute Gasteiger partial charge is 0.416 e. The second-order valence-corrected chi connectivity index (χ2v) is 4.31. The molecular weight excluding hydrogens is 325 g/mol. The van der Waals surface area contributed by atoms with Crippen molar-refractivity contribution in [2.24, 2.45) is 0 Å². The summed E-state index contributed by atoms with van der Waals surface area (Å²) >= 11 is 6.13. The van der Waals surface area contributed by atoms with Crippen LogP contribution in [0.1, 0.15) is 16.7 Å². The van der Waals surface area contributed by atoms with E-state index in [1.54, 1.807) is 6.92 Å². The average molecular weight is 332 g/mol. The molecule has 0 spiro atoms. The van der Waals surface area contributed by atoms with Crippen LogP contribution < -0.4 is 0 Å². The number of benzene rings is 1. The van der Waals surface area contributed by atoms with Crippen molar-refractivity contribution in [2.75, 3.05) is 0 Å². The molecule has 0 amide bonds. The zero-order valence-electron chi connectivity index (χ0n) is 7.25. The van der Waals surface area contributed by atoms with Gasteiger partial charge >= 0.3 is 6.18 Å². The third-order valence-corrected chi connectivity index (χ3v) is 3.29. The molecule has 0 N–H and O–H groups in total. The first kappa shape index (κ1) is 12.0. The summed E-state index contributed by atoms with van der Waals surface area (Å²) in [6, 6.07) is 2.65. The minimum atomic E-state index is -4.29. The van der Waals surface area contributed by atoms with Gasteiger partial charge in [-0.15, -0.1) is 0 Å². The summed E-state index contributed by atoms with van der Waals surface area (Å²) in [5, 5.41) is 0.204. The summed E-state index contributed by atoms with van der Waals surface area (Å²) in [6.45, 7) is 1.76. The molecule has 0 radical (unpaired) electrons. The molecule has 1 rings (SSSR count). The second kappa shape index (κ2) is 4.23. The molecule has 0 nitrogen and oxygen atoms in total. The summed E-state index contributed by atoms with van der Waals surface area (Å²) in [4.78, 5) is 0. The van der Waals surface area contributed by atoms with Crippen molar-refractivity contribution < 1.29 is 13.2 Å². The Balaban J connectivity index is 3.35. The smallest absolute Gasteiger partial charge is 0.166 e. The van der Waals surface area contributed by atoms with E-state index in [-0.39, 0.29) is 10.9 Å². The maximum atomic E-state index is 12.5. The van der Waals surface area contributed by atoms with Gasteiger partial charge in [0.2, 0.25) is 0 Å². The van der Waals surface area contributed by atoms with Gasteiger partial charge in [-0.25, -0.2) is 0 Å². The number of rotatable bonds is 1. The van der Waals surface area contributed by atoms with Gasteiger partial charge in [-0.3, -0.25) is 0 Å². The number of hydrogen-bond donors (Lipinski definition) is 0. The Morgan fingerprint density at radius 3 is 2.29 bits per heavy atom. The quantitative estimate of drug-likeness (QED) is 0.656. The van der Waals surface area contributed by atoms with Gasteiger partial charge in [0, 0.05) is 9.80 Å². The van der Waals surface area contributed by atoms with Crippen molar-refractivity contribution in [1.29, 1.82) is 0 Å². The highest BCUT2D eigenvalue weighted by Crippen LogP contribution is 2.35. The molecule has 5 heteroatoms. The molecule has 1 aromatic carbocycles. The fourth-order valence-corrected chi connectivity index (χ4v) is 1.92. The molecule has 14 heavy (non-hydrogen) atoms. The predicted octanol–water partition coefficient (Wildman–Crippen LogP) is 4.67. The van der Waals surface area contributed by atoms with E-state index in [0.29, 0.717) is 4.47 Å². The molecule has 1 aromatic rings. The number of aryl methyl sites for hydroxylation is 1. The highest BCUT2D eigenvalue weighted by atomic mass is 79.9. The Kier molecular flexibility index (Phi) is 3.63. The molecule has 0 heterocycles. The first-order valence-electron chi connectivity index (χ1n) is 3.78. The van der Waals surface area contributed by atoms with Gasteiger partial charge < -0.3 is 0 Å². The molecular formula is C9H7Br2F3. The topological polar surface area (TPSA) is 0 Å². The van der Waals surface area contributed by atoms with Gasteiger partial charge in [0.25, 0.3) is 0 Å². The number of alkyl halides is 4. The molecule has 0 atom stereocenters. The van der Waals surface area contributed by atoms with Crippen LogP contribution in [0.2, 0.25) is 0 Å². The van der Waals surface area contributed by atoms with Gasteiger partial charge in [0.15, 0.2) is 0 Å². The van der Waals surface area contributed by atoms with Gasteiger partial charge in [0.05, 0.1) is 5.56 Å². The van der Waals surface area contributed by atoms with Crippen LogP contribution in [-0.2, 0) is 11.5 Å². The Morgan fingerprint density at radius 1 is 1.29 bits per heavy atom. The standard InChI is InChI=1S/C9H7Br2F3/c1-5-2-6(4-10)7(3-8(5)11)9(12,13)14/h2-3H,4H2,1H3. The SMILES string of the molecule is Cc1cc(CBr)c(C(F)(F)F)cc1Br. The average Bonchev–Trinajstić information content (AvgIpc) is 2.07. The molecule has 0 aliphatic rings. The van der Waals surface area contributed by atoms with Gasteiger partial charge in [-0.1, -0.05) is 37.9 Å². The first-order valence-corrected chi connectivity index (χ1v) is 5.70. The van der Waals surface area contributed by atoms with Crippen molar-refractivity contribution in [3.63, 3.8) is 0 Å². The maximum absolute atomic E-state index is 12.5. The van der Waals surface area contributed by atoms with Crippen molar-refractivity contribution in [3.8, 4) is 0 Å². The Labute approximate surface area is 96.8 Å². The van der Waals surface area contributed by atoms with Crippen molar-refractivity contribution >= 4 is 31.9 Å². The Hall–Kier alpha value is -0.0300. The van der Waals surface area contributed by atoms with E-state index in [1.807, 2.05) is 0 Å². The lowest BCUT2D eigenvalue weighted by Crippen LogP contribution is -2.08. The summed E-state index contributed by atoms with van der Waals surface area (Å²) in [6.07, 6.45) is -4.29. The molecule has 0 unspecified atom stereocenters. The van der Waals surface area contributed by atoms with E-state index in [9.17, 15) is 13.2 Å². The molecule has 0 fully saturated rings. The summed E-state index contributed by atoms with van der Waals surface area (Å²) in [5.41, 5.74) is 0.470. The number of hydrogen-bond acceptors (Lipinski definition) is 0. The molecule has 0 bridgehead atoms. The minimum absolute atomic E-state index is 0.204. The highest BCUT2D eigenvalue weighted by Gasteiger charge is 2.33. The molecule has 0 aliphatic carbocycles. The van der Waals surface area contributed by atoms with Gasteiger partial charge in [-0.05, 0) is 24.1 Å². The van der Waals surface area contributed by atoms with E-state index in [2.05, 4.69) is 31.9 Å². The van der Waals surface area contributed by atoms with E-state index in [4.69, 9.17) is 0 Å². The van der Waals surface area contributed by atoms with Crippen LogP contribution in [0, 0.1) is 6.92 Å². The molecule has 78 valence electrons. The lowest BCUT2D eigenvalue weighted by molar-refractivity contribution is -0.138. The van der Waals surface area contributed by atoms with Gasteiger partial charge in [-0.2, -0.15) is 13.2 Å². The third kappa shape index (κ3) is 2.51. The monoisotopic (exact) mass is 330 g/mol. The van der Waals surface area contributed by atoms with E-state index >= 15 is 0 Å². The van der Waals surface area contributed by atoms with Crippen molar-refractivity contribution in [1.82, 2.24) is 0 Å². The zero-order valence-corrected chi connectivity index (χ0v) is 10.4. The fourth-order valence-electron chi connectivity index (χ4n) is 1.12. The van der Waals surface area contributed by atoms with Crippen LogP contribution >= 0.6 is 31.9 Å². The van der Waals surface area contributed by atoms with E-state index in [1.165, 1.54) is 6.07 Å². The lowest BCUT2D eigenvalue weighted by Gasteiger charge is -2.13. The second-order valence-electron chi connectivity index (χ2n) is 2.89. The van der Waals surface area contributed by atoms with Crippen LogP contribution in [0.25, 0.3) is 0 Å². The lowest BCUT2D eigenvalue weighted by atomic mass is 10.1. The first-order chi connectivity index (χ1) is 6.36. The van der Waals surface area contributed by atoms with Crippen LogP contribution in [0.3, 0.4) is 0 Å². The molecule has 0 saturated heterocycles. The van der Waals surface area contributed by atoms with Gasteiger partial charge in [0.1, 0.15) is 0 Å². The van der Waals surface area contributed by atoms with E-state index < -0.39 is 11.7 Å². The van der Waals surface area contributed by atoms with Crippen molar-refractivity contribution in [3.05, 3.63) is 33.3 Å². The van der Waals surface area contributed by atoms with Crippen molar-refractivity contribution in [2.45, 2.75) is 18.4 Å². The number of halogens is 5. The summed E-state index contributed by atoms with van der Waals surface area (Å²) in [7, 11) is 0. The van der Waals surface area contributed by atoms with Crippen LogP contribution in [0.5, 0.6) is 0 Å². The summed E-state index contributed by atoms with van der Waals surface area (Å²) in [5.74, 6) is 0. The Morgan fingerprint density at radius 2 is 1.86 bits per heavy atom. The summed E-state index contributed by atoms with van der Waals surface area (Å²) < 4.78 is 38.0. The van der Waals surface area contributed by atoms with Crippen LogP contribution in [0.4, 0.5) is 13.2 Å². The maximum Gasteiger partial charge on any atom is 0.416 e. The molecule has 0 aliphatic heterocycles.